The molecule has 0 heterocycles. The first kappa shape index (κ1) is 19.7. The molecule has 0 aliphatic rings. The summed E-state index contributed by atoms with van der Waals surface area (Å²) < 4.78 is 5.71. The number of benzene rings is 2. The first-order valence-corrected chi connectivity index (χ1v) is 9.25. The highest BCUT2D eigenvalue weighted by molar-refractivity contribution is 6.05. The smallest absolute Gasteiger partial charge is 0.255 e. The second-order valence-corrected chi connectivity index (χ2v) is 6.38. The third-order valence-corrected chi connectivity index (χ3v) is 4.16. The first-order chi connectivity index (χ1) is 12.6. The number of hydrogen-bond acceptors (Lipinski definition) is 3. The van der Waals surface area contributed by atoms with Crippen molar-refractivity contribution in [3.8, 4) is 5.75 Å². The van der Waals surface area contributed by atoms with Crippen molar-refractivity contribution in [2.75, 3.05) is 11.9 Å². The lowest BCUT2D eigenvalue weighted by Gasteiger charge is -2.08. The highest BCUT2D eigenvalue weighted by Crippen LogP contribution is 2.16. The SMILES string of the molecule is CCCCCCCOc1ccc(C(=O)Nc2cccc(C(C)=O)c2)cc1. The Bertz CT molecular complexity index is 722. The van der Waals surface area contributed by atoms with Crippen molar-refractivity contribution < 1.29 is 14.3 Å². The molecule has 4 heteroatoms. The van der Waals surface area contributed by atoms with Gasteiger partial charge in [-0.25, -0.2) is 0 Å². The van der Waals surface area contributed by atoms with Crippen LogP contribution >= 0.6 is 0 Å². The Labute approximate surface area is 155 Å². The number of amides is 1. The molecule has 1 N–H and O–H groups in total. The Morgan fingerprint density at radius 2 is 1.65 bits per heavy atom. The predicted octanol–water partition coefficient (Wildman–Crippen LogP) is 5.49. The molecule has 0 saturated carbocycles. The lowest BCUT2D eigenvalue weighted by Crippen LogP contribution is -2.12. The molecule has 0 bridgehead atoms. The number of hydrogen-bond donors (Lipinski definition) is 1. The van der Waals surface area contributed by atoms with Crippen LogP contribution in [0.2, 0.25) is 0 Å². The van der Waals surface area contributed by atoms with Gasteiger partial charge in [0.2, 0.25) is 0 Å². The van der Waals surface area contributed by atoms with E-state index in [4.69, 9.17) is 4.74 Å². The molecule has 2 rings (SSSR count). The highest BCUT2D eigenvalue weighted by atomic mass is 16.5. The minimum atomic E-state index is -0.211. The maximum atomic E-state index is 12.3. The Morgan fingerprint density at radius 1 is 0.923 bits per heavy atom. The van der Waals surface area contributed by atoms with Crippen molar-refractivity contribution in [2.45, 2.75) is 46.0 Å². The van der Waals surface area contributed by atoms with Gasteiger partial charge >= 0.3 is 0 Å². The summed E-state index contributed by atoms with van der Waals surface area (Å²) in [6, 6.07) is 14.0. The summed E-state index contributed by atoms with van der Waals surface area (Å²) in [5.41, 5.74) is 1.73. The van der Waals surface area contributed by atoms with Gasteiger partial charge in [0, 0.05) is 16.8 Å². The molecule has 0 aliphatic heterocycles. The van der Waals surface area contributed by atoms with E-state index in [1.165, 1.54) is 32.6 Å². The van der Waals surface area contributed by atoms with E-state index in [9.17, 15) is 9.59 Å². The second-order valence-electron chi connectivity index (χ2n) is 6.38. The summed E-state index contributed by atoms with van der Waals surface area (Å²) in [6.45, 7) is 4.41. The molecule has 0 atom stereocenters. The number of Topliss-reactive ketones (excluding diaryl/α,β-unsaturated/α-hetero) is 1. The van der Waals surface area contributed by atoms with Crippen molar-refractivity contribution in [1.82, 2.24) is 0 Å². The molecule has 2 aromatic rings. The molecule has 26 heavy (non-hydrogen) atoms. The van der Waals surface area contributed by atoms with Crippen molar-refractivity contribution in [3.63, 3.8) is 0 Å². The molecule has 1 amide bonds. The van der Waals surface area contributed by atoms with E-state index in [2.05, 4.69) is 12.2 Å². The number of unbranched alkanes of at least 4 members (excludes halogenated alkanes) is 4. The highest BCUT2D eigenvalue weighted by Gasteiger charge is 2.08. The molecule has 138 valence electrons. The number of carbonyl (C=O) groups excluding carboxylic acids is 2. The van der Waals surface area contributed by atoms with Crippen molar-refractivity contribution in [3.05, 3.63) is 59.7 Å². The van der Waals surface area contributed by atoms with Crippen LogP contribution in [0.3, 0.4) is 0 Å². The maximum Gasteiger partial charge on any atom is 0.255 e. The second kappa shape index (κ2) is 10.4. The minimum absolute atomic E-state index is 0.0303. The average molecular weight is 353 g/mol. The minimum Gasteiger partial charge on any atom is -0.494 e. The van der Waals surface area contributed by atoms with Gasteiger partial charge in [-0.2, -0.15) is 0 Å². The fourth-order valence-electron chi connectivity index (χ4n) is 2.62. The van der Waals surface area contributed by atoms with Crippen molar-refractivity contribution in [1.29, 1.82) is 0 Å². The zero-order valence-corrected chi connectivity index (χ0v) is 15.6. The number of nitrogens with one attached hydrogen (secondary N) is 1. The topological polar surface area (TPSA) is 55.4 Å². The Kier molecular flexibility index (Phi) is 7.87. The molecule has 0 saturated heterocycles. The third-order valence-electron chi connectivity index (χ3n) is 4.16. The molecule has 0 aromatic heterocycles. The molecule has 0 fully saturated rings. The third kappa shape index (κ3) is 6.36. The van der Waals surface area contributed by atoms with Gasteiger partial charge in [0.05, 0.1) is 6.61 Å². The lowest BCUT2D eigenvalue weighted by atomic mass is 10.1. The van der Waals surface area contributed by atoms with Crippen LogP contribution in [-0.2, 0) is 0 Å². The van der Waals surface area contributed by atoms with E-state index >= 15 is 0 Å². The van der Waals surface area contributed by atoms with E-state index in [1.54, 1.807) is 36.4 Å². The molecular weight excluding hydrogens is 326 g/mol. The Balaban J connectivity index is 1.84. The number of ketones is 1. The van der Waals surface area contributed by atoms with Crippen LogP contribution in [0.4, 0.5) is 5.69 Å². The molecule has 2 aromatic carbocycles. The Hall–Kier alpha value is -2.62. The standard InChI is InChI=1S/C22H27NO3/c1-3-4-5-6-7-15-26-21-13-11-18(12-14-21)22(25)23-20-10-8-9-19(16-20)17(2)24/h8-14,16H,3-7,15H2,1-2H3,(H,23,25). The van der Waals surface area contributed by atoms with E-state index < -0.39 is 0 Å². The lowest BCUT2D eigenvalue weighted by molar-refractivity contribution is 0.101. The maximum absolute atomic E-state index is 12.3. The fourth-order valence-corrected chi connectivity index (χ4v) is 2.62. The van der Waals surface area contributed by atoms with Crippen molar-refractivity contribution >= 4 is 17.4 Å². The van der Waals surface area contributed by atoms with Crippen LogP contribution in [0.1, 0.15) is 66.7 Å². The normalized spacial score (nSPS) is 10.4. The van der Waals surface area contributed by atoms with Crippen LogP contribution in [0, 0.1) is 0 Å². The molecule has 0 unspecified atom stereocenters. The van der Waals surface area contributed by atoms with Gasteiger partial charge in [0.15, 0.2) is 5.78 Å². The quantitative estimate of drug-likeness (QED) is 0.454. The summed E-state index contributed by atoms with van der Waals surface area (Å²) in [7, 11) is 0. The summed E-state index contributed by atoms with van der Waals surface area (Å²) in [5, 5.41) is 2.81. The van der Waals surface area contributed by atoms with Gasteiger partial charge in [0.1, 0.15) is 5.75 Å². The van der Waals surface area contributed by atoms with Gasteiger partial charge in [-0.1, -0.05) is 44.7 Å². The first-order valence-electron chi connectivity index (χ1n) is 9.25. The fraction of sp³-hybridized carbons (Fsp3) is 0.364. The van der Waals surface area contributed by atoms with Gasteiger partial charge in [-0.05, 0) is 49.7 Å². The molecule has 4 nitrogen and oxygen atoms in total. The zero-order chi connectivity index (χ0) is 18.8. The van der Waals surface area contributed by atoms with Crippen LogP contribution in [0.25, 0.3) is 0 Å². The number of ether oxygens (including phenoxy) is 1. The van der Waals surface area contributed by atoms with Gasteiger partial charge in [-0.15, -0.1) is 0 Å². The molecule has 0 aliphatic carbocycles. The van der Waals surface area contributed by atoms with E-state index in [0.717, 1.165) is 12.2 Å². The van der Waals surface area contributed by atoms with E-state index in [0.29, 0.717) is 23.4 Å². The monoisotopic (exact) mass is 353 g/mol. The molecule has 0 radical (unpaired) electrons. The zero-order valence-electron chi connectivity index (χ0n) is 15.6. The van der Waals surface area contributed by atoms with E-state index in [-0.39, 0.29) is 11.7 Å². The number of carbonyl (C=O) groups is 2. The van der Waals surface area contributed by atoms with Crippen LogP contribution < -0.4 is 10.1 Å². The summed E-state index contributed by atoms with van der Waals surface area (Å²) in [6.07, 6.45) is 6.01. The summed E-state index contributed by atoms with van der Waals surface area (Å²) >= 11 is 0. The molecular formula is C22H27NO3. The van der Waals surface area contributed by atoms with Crippen LogP contribution in [0.5, 0.6) is 5.75 Å². The summed E-state index contributed by atoms with van der Waals surface area (Å²) in [5.74, 6) is 0.532. The number of anilines is 1. The van der Waals surface area contributed by atoms with Crippen LogP contribution in [0.15, 0.2) is 48.5 Å². The average Bonchev–Trinajstić information content (AvgIpc) is 2.65. The van der Waals surface area contributed by atoms with Gasteiger partial charge in [-0.3, -0.25) is 9.59 Å². The predicted molar refractivity (Wildman–Crippen MR) is 105 cm³/mol. The Morgan fingerprint density at radius 3 is 2.35 bits per heavy atom. The summed E-state index contributed by atoms with van der Waals surface area (Å²) in [4.78, 5) is 23.8. The van der Waals surface area contributed by atoms with E-state index in [1.807, 2.05) is 12.1 Å². The molecule has 0 spiro atoms. The largest absolute Gasteiger partial charge is 0.494 e. The van der Waals surface area contributed by atoms with Gasteiger partial charge < -0.3 is 10.1 Å². The van der Waals surface area contributed by atoms with Crippen LogP contribution in [-0.4, -0.2) is 18.3 Å². The number of rotatable bonds is 10. The van der Waals surface area contributed by atoms with Crippen molar-refractivity contribution in [2.24, 2.45) is 0 Å². The van der Waals surface area contributed by atoms with Gasteiger partial charge in [0.25, 0.3) is 5.91 Å².